The number of halogens is 1. The number of hydrogen-bond acceptors (Lipinski definition) is 7. The molecule has 0 radical (unpaired) electrons. The molecule has 1 saturated carbocycles. The highest BCUT2D eigenvalue weighted by atomic mass is 35.5. The number of piperidine rings is 1. The van der Waals surface area contributed by atoms with Gasteiger partial charge >= 0.3 is 0 Å². The maximum absolute atomic E-state index is 12.8. The molecule has 0 bridgehead atoms. The van der Waals surface area contributed by atoms with Gasteiger partial charge in [-0.15, -0.1) is 0 Å². The number of anilines is 2. The monoisotopic (exact) mass is 488 g/mol. The van der Waals surface area contributed by atoms with Crippen LogP contribution in [-0.2, 0) is 17.8 Å². The second-order valence-corrected chi connectivity index (χ2v) is 10.9. The summed E-state index contributed by atoms with van der Waals surface area (Å²) in [5.74, 6) is 2.64. The van der Waals surface area contributed by atoms with Gasteiger partial charge < -0.3 is 19.9 Å². The van der Waals surface area contributed by atoms with E-state index in [2.05, 4.69) is 24.8 Å². The number of hydrogen-bond donors (Lipinski definition) is 2. The molecule has 176 valence electrons. The van der Waals surface area contributed by atoms with Crippen LogP contribution < -0.4 is 10.2 Å². The molecule has 10 heteroatoms. The number of aromatic nitrogens is 4. The molecule has 0 amide bonds. The standard InChI is InChI=1S/C23H29ClN6O2S/c1-29-9-6-17-18(29)22(27-21(19(17)33(2)32)28-23(14-31)7-3-8-23)30-10-4-15(5-11-30)20-25-12-16(24)13-26-20/h6,9,12-13,15,31H,3-5,7-8,10-11,14H2,1-2H3,(H,27,28). The molecule has 0 aromatic carbocycles. The molecule has 1 atom stereocenters. The van der Waals surface area contributed by atoms with Gasteiger partial charge in [0.1, 0.15) is 11.6 Å². The molecule has 1 aliphatic heterocycles. The summed E-state index contributed by atoms with van der Waals surface area (Å²) in [6, 6.07) is 2.02. The van der Waals surface area contributed by atoms with Gasteiger partial charge in [-0.3, -0.25) is 4.21 Å². The largest absolute Gasteiger partial charge is 0.394 e. The predicted octanol–water partition coefficient (Wildman–Crippen LogP) is 3.47. The van der Waals surface area contributed by atoms with Crippen molar-refractivity contribution in [2.75, 3.05) is 36.2 Å². The maximum Gasteiger partial charge on any atom is 0.155 e. The maximum atomic E-state index is 12.8. The Morgan fingerprint density at radius 1 is 1.27 bits per heavy atom. The molecule has 1 saturated heterocycles. The van der Waals surface area contributed by atoms with E-state index in [0.717, 1.165) is 67.7 Å². The number of pyridine rings is 1. The zero-order valence-electron chi connectivity index (χ0n) is 18.9. The molecule has 2 N–H and O–H groups in total. The normalized spacial score (nSPS) is 19.5. The third kappa shape index (κ3) is 4.11. The van der Waals surface area contributed by atoms with Crippen molar-refractivity contribution in [1.82, 2.24) is 19.5 Å². The van der Waals surface area contributed by atoms with E-state index >= 15 is 0 Å². The van der Waals surface area contributed by atoms with E-state index in [4.69, 9.17) is 16.6 Å². The predicted molar refractivity (Wildman–Crippen MR) is 132 cm³/mol. The Balaban J connectivity index is 1.50. The Morgan fingerprint density at radius 2 is 1.97 bits per heavy atom. The first-order valence-corrected chi connectivity index (χ1v) is 13.3. The van der Waals surface area contributed by atoms with Gasteiger partial charge in [-0.2, -0.15) is 0 Å². The molecule has 3 aromatic rings. The van der Waals surface area contributed by atoms with E-state index in [1.54, 1.807) is 18.6 Å². The highest BCUT2D eigenvalue weighted by molar-refractivity contribution is 7.84. The number of nitrogens with zero attached hydrogens (tertiary/aromatic N) is 5. The Kier molecular flexibility index (Phi) is 6.05. The summed E-state index contributed by atoms with van der Waals surface area (Å²) >= 11 is 5.95. The van der Waals surface area contributed by atoms with Gasteiger partial charge in [0.25, 0.3) is 0 Å². The fourth-order valence-corrected chi connectivity index (χ4v) is 5.93. The molecular formula is C23H29ClN6O2S. The van der Waals surface area contributed by atoms with Crippen LogP contribution in [0.2, 0.25) is 5.02 Å². The second-order valence-electron chi connectivity index (χ2n) is 9.19. The van der Waals surface area contributed by atoms with E-state index < -0.39 is 10.8 Å². The molecule has 5 rings (SSSR count). The number of aliphatic hydroxyl groups excluding tert-OH is 1. The van der Waals surface area contributed by atoms with E-state index in [9.17, 15) is 9.32 Å². The van der Waals surface area contributed by atoms with E-state index in [1.165, 1.54) is 0 Å². The Hall–Kier alpha value is -2.23. The van der Waals surface area contributed by atoms with Crippen LogP contribution in [0.5, 0.6) is 0 Å². The van der Waals surface area contributed by atoms with Gasteiger partial charge in [-0.1, -0.05) is 11.6 Å². The molecule has 2 aliphatic rings. The van der Waals surface area contributed by atoms with E-state index in [-0.39, 0.29) is 18.1 Å². The Morgan fingerprint density at radius 3 is 2.55 bits per heavy atom. The van der Waals surface area contributed by atoms with Crippen molar-refractivity contribution < 1.29 is 9.32 Å². The lowest BCUT2D eigenvalue weighted by Crippen LogP contribution is -2.48. The Bertz CT molecular complexity index is 1180. The Labute approximate surface area is 200 Å². The number of fused-ring (bicyclic) bond motifs is 1. The topological polar surface area (TPSA) is 96.2 Å². The van der Waals surface area contributed by atoms with Crippen LogP contribution in [-0.4, -0.2) is 60.3 Å². The number of nitrogens with one attached hydrogen (secondary N) is 1. The fourth-order valence-electron chi connectivity index (χ4n) is 4.98. The molecule has 1 aliphatic carbocycles. The van der Waals surface area contributed by atoms with Crippen molar-refractivity contribution in [3.05, 3.63) is 35.5 Å². The van der Waals surface area contributed by atoms with Crippen molar-refractivity contribution in [1.29, 1.82) is 0 Å². The van der Waals surface area contributed by atoms with Gasteiger partial charge in [0, 0.05) is 56.3 Å². The van der Waals surface area contributed by atoms with Crippen LogP contribution in [0.25, 0.3) is 10.9 Å². The average Bonchev–Trinajstić information content (AvgIpc) is 3.17. The summed E-state index contributed by atoms with van der Waals surface area (Å²) in [6.45, 7) is 1.69. The molecule has 3 aromatic heterocycles. The summed E-state index contributed by atoms with van der Waals surface area (Å²) in [5, 5.41) is 15.0. The first-order chi connectivity index (χ1) is 15.9. The second kappa shape index (κ2) is 8.85. The number of rotatable bonds is 6. The zero-order chi connectivity index (χ0) is 23.2. The minimum Gasteiger partial charge on any atom is -0.394 e. The van der Waals surface area contributed by atoms with Crippen LogP contribution in [0, 0.1) is 0 Å². The SMILES string of the molecule is Cn1ccc2c(S(C)=O)c(NC3(CO)CCC3)nc(N3CCC(c4ncc(Cl)cn4)CC3)c21. The first-order valence-electron chi connectivity index (χ1n) is 11.3. The minimum absolute atomic E-state index is 0.0408. The van der Waals surface area contributed by atoms with Gasteiger partial charge in [-0.25, -0.2) is 15.0 Å². The smallest absolute Gasteiger partial charge is 0.155 e. The first kappa shape index (κ1) is 22.6. The zero-order valence-corrected chi connectivity index (χ0v) is 20.5. The van der Waals surface area contributed by atoms with Gasteiger partial charge in [0.2, 0.25) is 0 Å². The minimum atomic E-state index is -1.23. The van der Waals surface area contributed by atoms with E-state index in [0.29, 0.717) is 15.7 Å². The molecule has 8 nitrogen and oxygen atoms in total. The summed E-state index contributed by atoms with van der Waals surface area (Å²) in [5.41, 5.74) is 0.610. The fraction of sp³-hybridized carbons (Fsp3) is 0.522. The average molecular weight is 489 g/mol. The molecule has 33 heavy (non-hydrogen) atoms. The molecule has 0 spiro atoms. The number of aliphatic hydroxyl groups is 1. The molecule has 2 fully saturated rings. The van der Waals surface area contributed by atoms with Gasteiger partial charge in [0.15, 0.2) is 5.82 Å². The third-order valence-electron chi connectivity index (χ3n) is 7.05. The lowest BCUT2D eigenvalue weighted by molar-refractivity contribution is 0.143. The van der Waals surface area contributed by atoms with Crippen LogP contribution >= 0.6 is 11.6 Å². The highest BCUT2D eigenvalue weighted by Crippen LogP contribution is 2.41. The number of aryl methyl sites for hydroxylation is 1. The molecule has 1 unspecified atom stereocenters. The summed E-state index contributed by atoms with van der Waals surface area (Å²) in [7, 11) is 0.770. The van der Waals surface area contributed by atoms with Crippen LogP contribution in [0.15, 0.2) is 29.6 Å². The van der Waals surface area contributed by atoms with Crippen LogP contribution in [0.3, 0.4) is 0 Å². The van der Waals surface area contributed by atoms with Crippen molar-refractivity contribution >= 4 is 44.9 Å². The lowest BCUT2D eigenvalue weighted by Gasteiger charge is -2.42. The van der Waals surface area contributed by atoms with Crippen LogP contribution in [0.4, 0.5) is 11.6 Å². The molecule has 4 heterocycles. The highest BCUT2D eigenvalue weighted by Gasteiger charge is 2.38. The van der Waals surface area contributed by atoms with Crippen molar-refractivity contribution in [3.8, 4) is 0 Å². The summed E-state index contributed by atoms with van der Waals surface area (Å²) in [4.78, 5) is 16.9. The van der Waals surface area contributed by atoms with Crippen LogP contribution in [0.1, 0.15) is 43.8 Å². The third-order valence-corrected chi connectivity index (χ3v) is 8.23. The summed E-state index contributed by atoms with van der Waals surface area (Å²) < 4.78 is 14.9. The van der Waals surface area contributed by atoms with Gasteiger partial charge in [-0.05, 0) is 38.2 Å². The molecular weight excluding hydrogens is 460 g/mol. The quantitative estimate of drug-likeness (QED) is 0.548. The van der Waals surface area contributed by atoms with Crippen molar-refractivity contribution in [2.24, 2.45) is 7.05 Å². The van der Waals surface area contributed by atoms with Gasteiger partial charge in [0.05, 0.1) is 38.4 Å². The lowest BCUT2D eigenvalue weighted by atomic mass is 9.77. The summed E-state index contributed by atoms with van der Waals surface area (Å²) in [6.07, 6.45) is 11.7. The van der Waals surface area contributed by atoms with Crippen molar-refractivity contribution in [2.45, 2.75) is 48.5 Å². The van der Waals surface area contributed by atoms with Crippen molar-refractivity contribution in [3.63, 3.8) is 0 Å². The van der Waals surface area contributed by atoms with E-state index in [1.807, 2.05) is 19.3 Å².